The van der Waals surface area contributed by atoms with Crippen LogP contribution in [0.4, 0.5) is 13.2 Å². The molecule has 0 bridgehead atoms. The highest BCUT2D eigenvalue weighted by Crippen LogP contribution is 2.34. The highest BCUT2D eigenvalue weighted by Gasteiger charge is 2.36. The summed E-state index contributed by atoms with van der Waals surface area (Å²) >= 11 is 0. The summed E-state index contributed by atoms with van der Waals surface area (Å²) in [6.07, 6.45) is -0.298. The van der Waals surface area contributed by atoms with Gasteiger partial charge in [0.05, 0.1) is 23.2 Å². The molecule has 1 saturated heterocycles. The van der Waals surface area contributed by atoms with Crippen LogP contribution in [0, 0.1) is 0 Å². The summed E-state index contributed by atoms with van der Waals surface area (Å²) in [7, 11) is 0. The number of para-hydroxylation sites is 1. The zero-order valence-electron chi connectivity index (χ0n) is 15.4. The van der Waals surface area contributed by atoms with Gasteiger partial charge in [-0.1, -0.05) is 38.0 Å². The molecule has 0 radical (unpaired) electrons. The SMILES string of the molecule is CCCC[C@H](O)[C@H]1CCCCN1n1c(=O)cc(C(F)(F)F)c2ccccc21. The zero-order valence-corrected chi connectivity index (χ0v) is 15.4. The predicted molar refractivity (Wildman–Crippen MR) is 99.5 cm³/mol. The quantitative estimate of drug-likeness (QED) is 0.848. The van der Waals surface area contributed by atoms with E-state index in [1.54, 1.807) is 11.1 Å². The first-order valence-electron chi connectivity index (χ1n) is 9.51. The van der Waals surface area contributed by atoms with E-state index in [0.717, 1.165) is 25.7 Å². The molecule has 1 aliphatic heterocycles. The Bertz CT molecular complexity index is 847. The van der Waals surface area contributed by atoms with Gasteiger partial charge in [0.1, 0.15) is 0 Å². The van der Waals surface area contributed by atoms with Gasteiger partial charge in [0.25, 0.3) is 5.56 Å². The van der Waals surface area contributed by atoms with Crippen LogP contribution in [-0.2, 0) is 6.18 Å². The van der Waals surface area contributed by atoms with Gasteiger partial charge in [0.2, 0.25) is 0 Å². The molecule has 0 amide bonds. The second-order valence-corrected chi connectivity index (χ2v) is 7.16. The molecule has 1 aliphatic rings. The van der Waals surface area contributed by atoms with Crippen LogP contribution in [-0.4, -0.2) is 28.5 Å². The van der Waals surface area contributed by atoms with Crippen molar-refractivity contribution in [3.63, 3.8) is 0 Å². The van der Waals surface area contributed by atoms with Gasteiger partial charge < -0.3 is 10.1 Å². The number of alkyl halides is 3. The minimum atomic E-state index is -4.60. The van der Waals surface area contributed by atoms with Gasteiger partial charge in [-0.15, -0.1) is 0 Å². The van der Waals surface area contributed by atoms with Crippen LogP contribution in [0.25, 0.3) is 10.9 Å². The molecule has 0 aliphatic carbocycles. The number of benzene rings is 1. The van der Waals surface area contributed by atoms with Crippen LogP contribution in [0.1, 0.15) is 51.0 Å². The molecule has 1 N–H and O–H groups in total. The van der Waals surface area contributed by atoms with Crippen LogP contribution < -0.4 is 10.6 Å². The van der Waals surface area contributed by atoms with Crippen LogP contribution in [0.15, 0.2) is 35.1 Å². The highest BCUT2D eigenvalue weighted by molar-refractivity contribution is 5.83. The molecule has 7 heteroatoms. The number of hydrogen-bond donors (Lipinski definition) is 1. The lowest BCUT2D eigenvalue weighted by Crippen LogP contribution is -2.56. The van der Waals surface area contributed by atoms with Gasteiger partial charge in [-0.25, -0.2) is 4.68 Å². The lowest BCUT2D eigenvalue weighted by molar-refractivity contribution is -0.136. The lowest BCUT2D eigenvalue weighted by atomic mass is 9.95. The van der Waals surface area contributed by atoms with Crippen molar-refractivity contribution >= 4 is 10.9 Å². The number of aliphatic hydroxyl groups is 1. The monoisotopic (exact) mass is 382 g/mol. The highest BCUT2D eigenvalue weighted by atomic mass is 19.4. The summed E-state index contributed by atoms with van der Waals surface area (Å²) in [6.45, 7) is 2.57. The van der Waals surface area contributed by atoms with Crippen molar-refractivity contribution in [3.05, 3.63) is 46.2 Å². The number of halogens is 3. The van der Waals surface area contributed by atoms with Gasteiger partial charge in [-0.05, 0) is 31.7 Å². The topological polar surface area (TPSA) is 45.5 Å². The first-order chi connectivity index (χ1) is 12.8. The summed E-state index contributed by atoms with van der Waals surface area (Å²) in [4.78, 5) is 12.7. The molecular weight excluding hydrogens is 357 g/mol. The molecule has 1 aromatic heterocycles. The second-order valence-electron chi connectivity index (χ2n) is 7.16. The predicted octanol–water partition coefficient (Wildman–Crippen LogP) is 4.06. The molecule has 27 heavy (non-hydrogen) atoms. The van der Waals surface area contributed by atoms with Crippen molar-refractivity contribution in [2.24, 2.45) is 0 Å². The van der Waals surface area contributed by atoms with Crippen molar-refractivity contribution < 1.29 is 18.3 Å². The number of piperidine rings is 1. The summed E-state index contributed by atoms with van der Waals surface area (Å²) < 4.78 is 41.6. The third kappa shape index (κ3) is 3.98. The number of aromatic nitrogens is 1. The maximum Gasteiger partial charge on any atom is 0.417 e. The van der Waals surface area contributed by atoms with E-state index in [-0.39, 0.29) is 16.9 Å². The number of unbranched alkanes of at least 4 members (excludes halogenated alkanes) is 1. The summed E-state index contributed by atoms with van der Waals surface area (Å²) in [5, 5.41) is 12.4. The van der Waals surface area contributed by atoms with Crippen molar-refractivity contribution in [3.8, 4) is 0 Å². The Kier molecular flexibility index (Phi) is 5.79. The van der Waals surface area contributed by atoms with E-state index in [2.05, 4.69) is 0 Å². The Morgan fingerprint density at radius 1 is 1.26 bits per heavy atom. The summed E-state index contributed by atoms with van der Waals surface area (Å²) in [5.74, 6) is 0. The Labute approximate surface area is 156 Å². The van der Waals surface area contributed by atoms with E-state index in [1.165, 1.54) is 22.9 Å². The molecular formula is C20H25F3N2O2. The number of fused-ring (bicyclic) bond motifs is 1. The average Bonchev–Trinajstić information content (AvgIpc) is 2.64. The molecule has 0 spiro atoms. The smallest absolute Gasteiger partial charge is 0.391 e. The third-order valence-electron chi connectivity index (χ3n) is 5.28. The number of nitrogens with zero attached hydrogens (tertiary/aromatic N) is 2. The fraction of sp³-hybridized carbons (Fsp3) is 0.550. The Morgan fingerprint density at radius 2 is 2.00 bits per heavy atom. The minimum Gasteiger partial charge on any atom is -0.391 e. The largest absolute Gasteiger partial charge is 0.417 e. The zero-order chi connectivity index (χ0) is 19.6. The van der Waals surface area contributed by atoms with Gasteiger partial charge in [0.15, 0.2) is 0 Å². The molecule has 2 aromatic rings. The van der Waals surface area contributed by atoms with Crippen LogP contribution in [0.3, 0.4) is 0 Å². The third-order valence-corrected chi connectivity index (χ3v) is 5.28. The average molecular weight is 382 g/mol. The maximum absolute atomic E-state index is 13.4. The number of hydrogen-bond acceptors (Lipinski definition) is 3. The van der Waals surface area contributed by atoms with E-state index in [0.29, 0.717) is 25.5 Å². The second kappa shape index (κ2) is 7.92. The first-order valence-corrected chi connectivity index (χ1v) is 9.51. The van der Waals surface area contributed by atoms with Crippen LogP contribution in [0.2, 0.25) is 0 Å². The molecule has 0 saturated carbocycles. The van der Waals surface area contributed by atoms with Gasteiger partial charge in [-0.2, -0.15) is 13.2 Å². The van der Waals surface area contributed by atoms with Crippen molar-refractivity contribution in [2.45, 2.75) is 63.8 Å². The van der Waals surface area contributed by atoms with Crippen LogP contribution >= 0.6 is 0 Å². The fourth-order valence-corrected chi connectivity index (χ4v) is 3.95. The van der Waals surface area contributed by atoms with Crippen LogP contribution in [0.5, 0.6) is 0 Å². The van der Waals surface area contributed by atoms with Gasteiger partial charge in [0, 0.05) is 18.0 Å². The number of aliphatic hydroxyl groups excluding tert-OH is 1. The standard InChI is InChI=1S/C20H25F3N2O2/c1-2-3-11-18(26)17-10-6-7-12-24(17)25-16-9-5-4-8-14(16)15(13-19(25)27)20(21,22)23/h4-5,8-9,13,17-18,26H,2-3,6-7,10-12H2,1H3/t17-,18+/m1/s1. The molecule has 2 atom stereocenters. The fourth-order valence-electron chi connectivity index (χ4n) is 3.95. The number of rotatable bonds is 5. The van der Waals surface area contributed by atoms with Crippen molar-refractivity contribution in [2.75, 3.05) is 11.6 Å². The molecule has 1 fully saturated rings. The minimum absolute atomic E-state index is 0.00280. The van der Waals surface area contributed by atoms with Crippen molar-refractivity contribution in [1.82, 2.24) is 4.68 Å². The van der Waals surface area contributed by atoms with E-state index in [1.807, 2.05) is 6.92 Å². The molecule has 3 rings (SSSR count). The van der Waals surface area contributed by atoms with Gasteiger partial charge in [-0.3, -0.25) is 4.79 Å². The molecule has 0 unspecified atom stereocenters. The molecule has 1 aromatic carbocycles. The van der Waals surface area contributed by atoms with E-state index < -0.39 is 23.4 Å². The summed E-state index contributed by atoms with van der Waals surface area (Å²) in [6, 6.07) is 6.49. The maximum atomic E-state index is 13.4. The lowest BCUT2D eigenvalue weighted by Gasteiger charge is -2.41. The van der Waals surface area contributed by atoms with Gasteiger partial charge >= 0.3 is 6.18 Å². The normalized spacial score (nSPS) is 19.4. The molecule has 4 nitrogen and oxygen atoms in total. The number of pyridine rings is 1. The van der Waals surface area contributed by atoms with E-state index >= 15 is 0 Å². The van der Waals surface area contributed by atoms with E-state index in [9.17, 15) is 23.1 Å². The molecule has 148 valence electrons. The Hall–Kier alpha value is -2.02. The first kappa shape index (κ1) is 19.7. The van der Waals surface area contributed by atoms with Crippen molar-refractivity contribution in [1.29, 1.82) is 0 Å². The summed E-state index contributed by atoms with van der Waals surface area (Å²) in [5.41, 5.74) is -1.40. The molecule has 2 heterocycles. The Morgan fingerprint density at radius 3 is 2.70 bits per heavy atom. The van der Waals surface area contributed by atoms with E-state index in [4.69, 9.17) is 0 Å². The Balaban J connectivity index is 2.12.